The molecule has 0 saturated heterocycles. The zero-order chi connectivity index (χ0) is 12.5. The number of halogens is 1. The average molecular weight is 308 g/mol. The Morgan fingerprint density at radius 2 is 1.83 bits per heavy atom. The molecule has 2 aliphatic rings. The Kier molecular flexibility index (Phi) is 3.42. The normalized spacial score (nSPS) is 19.0. The van der Waals surface area contributed by atoms with E-state index in [0.717, 1.165) is 16.6 Å². The van der Waals surface area contributed by atoms with Crippen LogP contribution in [0.4, 0.5) is 5.69 Å². The van der Waals surface area contributed by atoms with Crippen LogP contribution < -0.4 is 5.32 Å². The van der Waals surface area contributed by atoms with Crippen LogP contribution in [-0.4, -0.2) is 5.91 Å². The second-order valence-corrected chi connectivity index (χ2v) is 6.04. The third kappa shape index (κ3) is 2.61. The Morgan fingerprint density at radius 1 is 1.22 bits per heavy atom. The van der Waals surface area contributed by atoms with E-state index in [4.69, 9.17) is 0 Å². The molecule has 2 aliphatic carbocycles. The van der Waals surface area contributed by atoms with Crippen molar-refractivity contribution in [3.63, 3.8) is 0 Å². The Hall–Kier alpha value is -0.830. The van der Waals surface area contributed by atoms with E-state index >= 15 is 0 Å². The molecule has 3 rings (SSSR count). The summed E-state index contributed by atoms with van der Waals surface area (Å²) in [5, 5.41) is 3.91. The van der Waals surface area contributed by atoms with E-state index in [1.54, 1.807) is 0 Å². The summed E-state index contributed by atoms with van der Waals surface area (Å²) < 4.78 is 0. The van der Waals surface area contributed by atoms with Gasteiger partial charge in [0.2, 0.25) is 5.91 Å². The number of amides is 1. The summed E-state index contributed by atoms with van der Waals surface area (Å²) in [6.07, 6.45) is 4.98. The van der Waals surface area contributed by atoms with Crippen LogP contribution in [0.1, 0.15) is 31.2 Å². The molecule has 0 bridgehead atoms. The van der Waals surface area contributed by atoms with Crippen molar-refractivity contribution in [2.75, 3.05) is 5.32 Å². The van der Waals surface area contributed by atoms with E-state index in [1.807, 2.05) is 24.3 Å². The number of alkyl halides is 1. The second-order valence-electron chi connectivity index (χ2n) is 5.48. The Bertz CT molecular complexity index is 440. The van der Waals surface area contributed by atoms with Crippen molar-refractivity contribution < 1.29 is 4.79 Å². The van der Waals surface area contributed by atoms with E-state index in [1.165, 1.54) is 25.7 Å². The van der Waals surface area contributed by atoms with Crippen molar-refractivity contribution in [3.8, 4) is 0 Å². The Labute approximate surface area is 116 Å². The number of benzene rings is 1. The van der Waals surface area contributed by atoms with Crippen molar-refractivity contribution in [1.82, 2.24) is 0 Å². The molecule has 1 amide bonds. The van der Waals surface area contributed by atoms with E-state index in [9.17, 15) is 4.79 Å². The number of para-hydroxylation sites is 1. The fourth-order valence-corrected chi connectivity index (χ4v) is 3.19. The van der Waals surface area contributed by atoms with Crippen LogP contribution in [0.5, 0.6) is 0 Å². The molecule has 1 aromatic carbocycles. The minimum Gasteiger partial charge on any atom is -0.326 e. The summed E-state index contributed by atoms with van der Waals surface area (Å²) >= 11 is 3.47. The van der Waals surface area contributed by atoms with Crippen molar-refractivity contribution >= 4 is 27.5 Å². The van der Waals surface area contributed by atoms with E-state index in [2.05, 4.69) is 21.2 Å². The minimum absolute atomic E-state index is 0.244. The van der Waals surface area contributed by atoms with E-state index in [-0.39, 0.29) is 11.8 Å². The van der Waals surface area contributed by atoms with Crippen LogP contribution in [0.2, 0.25) is 0 Å². The van der Waals surface area contributed by atoms with Gasteiger partial charge in [-0.3, -0.25) is 4.79 Å². The minimum atomic E-state index is 0.244. The van der Waals surface area contributed by atoms with Crippen molar-refractivity contribution in [1.29, 1.82) is 0 Å². The molecule has 2 fully saturated rings. The van der Waals surface area contributed by atoms with Gasteiger partial charge < -0.3 is 5.32 Å². The van der Waals surface area contributed by atoms with Gasteiger partial charge in [-0.15, -0.1) is 0 Å². The highest BCUT2D eigenvalue weighted by atomic mass is 79.9. The molecule has 0 spiro atoms. The van der Waals surface area contributed by atoms with Crippen LogP contribution in [0.25, 0.3) is 0 Å². The van der Waals surface area contributed by atoms with Gasteiger partial charge in [0.05, 0.1) is 0 Å². The van der Waals surface area contributed by atoms with Gasteiger partial charge in [0, 0.05) is 16.9 Å². The number of nitrogens with one attached hydrogen (secondary N) is 1. The second kappa shape index (κ2) is 5.04. The van der Waals surface area contributed by atoms with Crippen LogP contribution in [0.15, 0.2) is 24.3 Å². The first-order chi connectivity index (χ1) is 8.79. The molecule has 0 unspecified atom stereocenters. The highest BCUT2D eigenvalue weighted by molar-refractivity contribution is 9.08. The summed E-state index contributed by atoms with van der Waals surface area (Å²) in [7, 11) is 0. The topological polar surface area (TPSA) is 29.1 Å². The van der Waals surface area contributed by atoms with Gasteiger partial charge in [0.25, 0.3) is 0 Å². The first-order valence-corrected chi connectivity index (χ1v) is 7.86. The number of hydrogen-bond donors (Lipinski definition) is 1. The predicted octanol–water partition coefficient (Wildman–Crippen LogP) is 3.96. The zero-order valence-electron chi connectivity index (χ0n) is 10.4. The van der Waals surface area contributed by atoms with Gasteiger partial charge in [-0.25, -0.2) is 0 Å². The monoisotopic (exact) mass is 307 g/mol. The van der Waals surface area contributed by atoms with Crippen LogP contribution >= 0.6 is 15.9 Å². The SMILES string of the molecule is O=C(Nc1ccccc1CBr)C(C1CC1)C1CC1. The number of hydrogen-bond acceptors (Lipinski definition) is 1. The molecular weight excluding hydrogens is 290 g/mol. The smallest absolute Gasteiger partial charge is 0.228 e. The molecule has 3 heteroatoms. The molecule has 2 nitrogen and oxygen atoms in total. The Balaban J connectivity index is 1.72. The van der Waals surface area contributed by atoms with Crippen LogP contribution in [-0.2, 0) is 10.1 Å². The molecule has 0 heterocycles. The molecule has 2 saturated carbocycles. The quantitative estimate of drug-likeness (QED) is 0.820. The Morgan fingerprint density at radius 3 is 2.39 bits per heavy atom. The number of rotatable bonds is 5. The molecule has 18 heavy (non-hydrogen) atoms. The fraction of sp³-hybridized carbons (Fsp3) is 0.533. The molecule has 1 aromatic rings. The third-order valence-corrected chi connectivity index (χ3v) is 4.59. The fourth-order valence-electron chi connectivity index (χ4n) is 2.70. The number of anilines is 1. The summed E-state index contributed by atoms with van der Waals surface area (Å²) in [4.78, 5) is 12.4. The summed E-state index contributed by atoms with van der Waals surface area (Å²) in [5.41, 5.74) is 2.11. The third-order valence-electron chi connectivity index (χ3n) is 3.98. The maximum atomic E-state index is 12.4. The first-order valence-electron chi connectivity index (χ1n) is 6.74. The van der Waals surface area contributed by atoms with Gasteiger partial charge in [-0.05, 0) is 49.1 Å². The van der Waals surface area contributed by atoms with Gasteiger partial charge in [0.1, 0.15) is 0 Å². The number of carbonyl (C=O) groups is 1. The van der Waals surface area contributed by atoms with Crippen molar-refractivity contribution in [3.05, 3.63) is 29.8 Å². The van der Waals surface area contributed by atoms with Gasteiger partial charge in [-0.2, -0.15) is 0 Å². The lowest BCUT2D eigenvalue weighted by Crippen LogP contribution is -2.26. The van der Waals surface area contributed by atoms with Gasteiger partial charge in [-0.1, -0.05) is 34.1 Å². The predicted molar refractivity (Wildman–Crippen MR) is 76.6 cm³/mol. The summed E-state index contributed by atoms with van der Waals surface area (Å²) in [5.74, 6) is 1.84. The van der Waals surface area contributed by atoms with Crippen molar-refractivity contribution in [2.24, 2.45) is 17.8 Å². The molecule has 1 N–H and O–H groups in total. The van der Waals surface area contributed by atoms with Crippen LogP contribution in [0, 0.1) is 17.8 Å². The summed E-state index contributed by atoms with van der Waals surface area (Å²) in [6.45, 7) is 0. The molecule has 0 aliphatic heterocycles. The van der Waals surface area contributed by atoms with Crippen LogP contribution in [0.3, 0.4) is 0 Å². The van der Waals surface area contributed by atoms with Gasteiger partial charge >= 0.3 is 0 Å². The standard InChI is InChI=1S/C15H18BrNO/c16-9-12-3-1-2-4-13(12)17-15(18)14(10-5-6-10)11-7-8-11/h1-4,10-11,14H,5-9H2,(H,17,18). The highest BCUT2D eigenvalue weighted by Gasteiger charge is 2.45. The lowest BCUT2D eigenvalue weighted by molar-refractivity contribution is -0.121. The molecule has 0 radical (unpaired) electrons. The maximum Gasteiger partial charge on any atom is 0.228 e. The van der Waals surface area contributed by atoms with Gasteiger partial charge in [0.15, 0.2) is 0 Å². The van der Waals surface area contributed by atoms with E-state index in [0.29, 0.717) is 11.8 Å². The number of carbonyl (C=O) groups excluding carboxylic acids is 1. The zero-order valence-corrected chi connectivity index (χ0v) is 11.9. The highest BCUT2D eigenvalue weighted by Crippen LogP contribution is 2.49. The molecule has 0 atom stereocenters. The molecule has 0 aromatic heterocycles. The lowest BCUT2D eigenvalue weighted by atomic mass is 9.96. The lowest BCUT2D eigenvalue weighted by Gasteiger charge is -2.16. The first kappa shape index (κ1) is 12.2. The molecule has 96 valence electrons. The maximum absolute atomic E-state index is 12.4. The molecular formula is C15H18BrNO. The largest absolute Gasteiger partial charge is 0.326 e. The summed E-state index contributed by atoms with van der Waals surface area (Å²) in [6, 6.07) is 8.02. The van der Waals surface area contributed by atoms with E-state index < -0.39 is 0 Å². The average Bonchev–Trinajstić information content (AvgIpc) is 3.24. The van der Waals surface area contributed by atoms with Crippen molar-refractivity contribution in [2.45, 2.75) is 31.0 Å².